The van der Waals surface area contributed by atoms with Crippen LogP contribution in [0.4, 0.5) is 10.1 Å². The predicted molar refractivity (Wildman–Crippen MR) is 94.2 cm³/mol. The van der Waals surface area contributed by atoms with Crippen LogP contribution < -0.4 is 10.2 Å². The summed E-state index contributed by atoms with van der Waals surface area (Å²) in [4.78, 5) is 31.0. The molecule has 2 aliphatic heterocycles. The Morgan fingerprint density at radius 3 is 2.60 bits per heavy atom. The van der Waals surface area contributed by atoms with Gasteiger partial charge in [-0.05, 0) is 38.6 Å². The molecule has 0 spiro atoms. The zero-order valence-corrected chi connectivity index (χ0v) is 14.8. The highest BCUT2D eigenvalue weighted by molar-refractivity contribution is 6.02. The van der Waals surface area contributed by atoms with Crippen molar-refractivity contribution in [3.05, 3.63) is 29.6 Å². The minimum absolute atomic E-state index is 0.0617. The summed E-state index contributed by atoms with van der Waals surface area (Å²) in [6, 6.07) is 3.78. The summed E-state index contributed by atoms with van der Waals surface area (Å²) >= 11 is 0. The van der Waals surface area contributed by atoms with Gasteiger partial charge in [-0.15, -0.1) is 0 Å². The fourth-order valence-corrected chi connectivity index (χ4v) is 3.44. The number of hydrogen-bond donors (Lipinski definition) is 1. The van der Waals surface area contributed by atoms with E-state index in [2.05, 4.69) is 22.2 Å². The lowest BCUT2D eigenvalue weighted by Gasteiger charge is -2.35. The van der Waals surface area contributed by atoms with Crippen LogP contribution in [0.1, 0.15) is 23.7 Å². The van der Waals surface area contributed by atoms with Crippen LogP contribution in [-0.2, 0) is 4.79 Å². The topological polar surface area (TPSA) is 55.9 Å². The van der Waals surface area contributed by atoms with Gasteiger partial charge in [0.2, 0.25) is 5.91 Å². The van der Waals surface area contributed by atoms with E-state index in [1.807, 2.05) is 6.92 Å². The van der Waals surface area contributed by atoms with Crippen molar-refractivity contribution < 1.29 is 14.0 Å². The molecule has 3 rings (SSSR count). The maximum Gasteiger partial charge on any atom is 0.254 e. The predicted octanol–water partition coefficient (Wildman–Crippen LogP) is 0.928. The van der Waals surface area contributed by atoms with Crippen LogP contribution >= 0.6 is 0 Å². The van der Waals surface area contributed by atoms with Crippen molar-refractivity contribution in [1.29, 1.82) is 0 Å². The van der Waals surface area contributed by atoms with Crippen LogP contribution in [0, 0.1) is 5.82 Å². The number of amides is 2. The highest BCUT2D eigenvalue weighted by Gasteiger charge is 2.32. The summed E-state index contributed by atoms with van der Waals surface area (Å²) in [6.45, 7) is 6.56. The van der Waals surface area contributed by atoms with E-state index in [4.69, 9.17) is 0 Å². The second kappa shape index (κ2) is 7.39. The Morgan fingerprint density at radius 2 is 1.96 bits per heavy atom. The molecule has 1 aromatic rings. The Balaban J connectivity index is 1.78. The van der Waals surface area contributed by atoms with Crippen LogP contribution in [0.15, 0.2) is 18.2 Å². The van der Waals surface area contributed by atoms with Crippen molar-refractivity contribution in [2.24, 2.45) is 0 Å². The van der Waals surface area contributed by atoms with Gasteiger partial charge in [-0.2, -0.15) is 0 Å². The molecule has 136 valence electrons. The molecule has 1 aromatic carbocycles. The molecular formula is C18H25FN4O2. The van der Waals surface area contributed by atoms with Gasteiger partial charge < -0.3 is 20.0 Å². The van der Waals surface area contributed by atoms with E-state index < -0.39 is 11.9 Å². The number of likely N-dealkylation sites (tertiary alicyclic amines) is 1. The van der Waals surface area contributed by atoms with Gasteiger partial charge in [-0.25, -0.2) is 4.39 Å². The fraction of sp³-hybridized carbons (Fsp3) is 0.556. The molecule has 6 nitrogen and oxygen atoms in total. The Hall–Kier alpha value is -2.15. The fourth-order valence-electron chi connectivity index (χ4n) is 3.44. The summed E-state index contributed by atoms with van der Waals surface area (Å²) < 4.78 is 13.8. The second-order valence-corrected chi connectivity index (χ2v) is 6.68. The quantitative estimate of drug-likeness (QED) is 0.880. The van der Waals surface area contributed by atoms with E-state index in [1.54, 1.807) is 11.0 Å². The highest BCUT2D eigenvalue weighted by atomic mass is 19.1. The third-order valence-corrected chi connectivity index (χ3v) is 5.03. The maximum atomic E-state index is 13.8. The van der Waals surface area contributed by atoms with Gasteiger partial charge >= 0.3 is 0 Å². The van der Waals surface area contributed by atoms with Crippen LogP contribution in [0.5, 0.6) is 0 Å². The van der Waals surface area contributed by atoms with Crippen LogP contribution in [0.25, 0.3) is 0 Å². The van der Waals surface area contributed by atoms with E-state index in [1.165, 1.54) is 12.1 Å². The highest BCUT2D eigenvalue weighted by Crippen LogP contribution is 2.24. The lowest BCUT2D eigenvalue weighted by Crippen LogP contribution is -2.46. The van der Waals surface area contributed by atoms with E-state index >= 15 is 0 Å². The van der Waals surface area contributed by atoms with Gasteiger partial charge in [-0.3, -0.25) is 9.59 Å². The number of hydrogen-bond acceptors (Lipinski definition) is 4. The number of rotatable bonds is 4. The molecule has 2 aliphatic rings. The van der Waals surface area contributed by atoms with E-state index in [9.17, 15) is 14.0 Å². The molecule has 0 aliphatic carbocycles. The molecule has 0 aromatic heterocycles. The number of nitrogens with one attached hydrogen (secondary N) is 1. The summed E-state index contributed by atoms with van der Waals surface area (Å²) in [5.74, 6) is -0.894. The average Bonchev–Trinajstić information content (AvgIpc) is 2.95. The third-order valence-electron chi connectivity index (χ3n) is 5.03. The lowest BCUT2D eigenvalue weighted by atomic mass is 10.1. The molecular weight excluding hydrogens is 323 g/mol. The number of carbonyl (C=O) groups is 2. The zero-order valence-electron chi connectivity index (χ0n) is 14.8. The van der Waals surface area contributed by atoms with Crippen molar-refractivity contribution in [3.63, 3.8) is 0 Å². The van der Waals surface area contributed by atoms with Gasteiger partial charge in [-0.1, -0.05) is 0 Å². The Morgan fingerprint density at radius 1 is 1.24 bits per heavy atom. The van der Waals surface area contributed by atoms with E-state index in [-0.39, 0.29) is 11.8 Å². The second-order valence-electron chi connectivity index (χ2n) is 6.68. The van der Waals surface area contributed by atoms with Crippen molar-refractivity contribution in [2.75, 3.05) is 51.2 Å². The van der Waals surface area contributed by atoms with Crippen molar-refractivity contribution in [3.8, 4) is 0 Å². The standard InChI is InChI=1S/C18H25FN4O2/c1-3-22-7-6-15(18(22)25)20-17(24)14-12-13(19)4-5-16(14)23-10-8-21(2)9-11-23/h4-5,12,15H,3,6-11H2,1-2H3,(H,20,24). The van der Waals surface area contributed by atoms with Gasteiger partial charge in [0.15, 0.2) is 0 Å². The van der Waals surface area contributed by atoms with Gasteiger partial charge in [0.05, 0.1) is 5.56 Å². The number of benzene rings is 1. The zero-order chi connectivity index (χ0) is 18.0. The first-order valence-corrected chi connectivity index (χ1v) is 8.82. The first-order valence-electron chi connectivity index (χ1n) is 8.82. The number of likely N-dealkylation sites (N-methyl/N-ethyl adjacent to an activating group) is 2. The number of nitrogens with zero attached hydrogens (tertiary/aromatic N) is 3. The molecule has 2 amide bonds. The summed E-state index contributed by atoms with van der Waals surface area (Å²) in [7, 11) is 2.06. The normalized spacial score (nSPS) is 21.7. The molecule has 7 heteroatoms. The van der Waals surface area contributed by atoms with Crippen LogP contribution in [-0.4, -0.2) is 74.0 Å². The maximum absolute atomic E-state index is 13.8. The number of halogens is 1. The van der Waals surface area contributed by atoms with Crippen LogP contribution in [0.2, 0.25) is 0 Å². The lowest BCUT2D eigenvalue weighted by molar-refractivity contribution is -0.129. The van der Waals surface area contributed by atoms with E-state index in [0.717, 1.165) is 31.9 Å². The molecule has 1 unspecified atom stereocenters. The number of piperazine rings is 1. The molecule has 0 radical (unpaired) electrons. The SMILES string of the molecule is CCN1CCC(NC(=O)c2cc(F)ccc2N2CCN(C)CC2)C1=O. The van der Waals surface area contributed by atoms with Gasteiger partial charge in [0.1, 0.15) is 11.9 Å². The molecule has 0 bridgehead atoms. The largest absolute Gasteiger partial charge is 0.368 e. The average molecular weight is 348 g/mol. The summed E-state index contributed by atoms with van der Waals surface area (Å²) in [6.07, 6.45) is 0.595. The number of anilines is 1. The molecule has 2 heterocycles. The molecule has 1 N–H and O–H groups in total. The first-order chi connectivity index (χ1) is 12.0. The molecule has 2 fully saturated rings. The first kappa shape index (κ1) is 17.7. The molecule has 0 saturated carbocycles. The summed E-state index contributed by atoms with van der Waals surface area (Å²) in [5, 5.41) is 2.79. The monoisotopic (exact) mass is 348 g/mol. The molecule has 2 saturated heterocycles. The Bertz CT molecular complexity index is 658. The number of carbonyl (C=O) groups excluding carboxylic acids is 2. The van der Waals surface area contributed by atoms with Gasteiger partial charge in [0, 0.05) is 45.0 Å². The Labute approximate surface area is 147 Å². The van der Waals surface area contributed by atoms with Gasteiger partial charge in [0.25, 0.3) is 5.91 Å². The minimum Gasteiger partial charge on any atom is -0.368 e. The van der Waals surface area contributed by atoms with Crippen molar-refractivity contribution in [2.45, 2.75) is 19.4 Å². The van der Waals surface area contributed by atoms with Crippen molar-refractivity contribution >= 4 is 17.5 Å². The Kier molecular flexibility index (Phi) is 5.22. The van der Waals surface area contributed by atoms with E-state index in [0.29, 0.717) is 25.1 Å². The summed E-state index contributed by atoms with van der Waals surface area (Å²) in [5.41, 5.74) is 1.03. The third kappa shape index (κ3) is 3.76. The molecule has 25 heavy (non-hydrogen) atoms. The smallest absolute Gasteiger partial charge is 0.254 e. The van der Waals surface area contributed by atoms with Crippen molar-refractivity contribution in [1.82, 2.24) is 15.1 Å². The molecule has 1 atom stereocenters. The van der Waals surface area contributed by atoms with Crippen LogP contribution in [0.3, 0.4) is 0 Å². The minimum atomic E-state index is -0.518.